The normalized spacial score (nSPS) is 12.7. The van der Waals surface area contributed by atoms with Crippen molar-refractivity contribution in [1.29, 1.82) is 0 Å². The Morgan fingerprint density at radius 1 is 1.50 bits per heavy atom. The minimum Gasteiger partial charge on any atom is -0.293 e. The zero-order valence-electron chi connectivity index (χ0n) is 9.96. The van der Waals surface area contributed by atoms with Gasteiger partial charge < -0.3 is 0 Å². The van der Waals surface area contributed by atoms with Gasteiger partial charge in [0.15, 0.2) is 5.78 Å². The van der Waals surface area contributed by atoms with Crippen LogP contribution in [-0.4, -0.2) is 5.78 Å². The zero-order chi connectivity index (χ0) is 12.0. The fourth-order valence-electron chi connectivity index (χ4n) is 1.79. The molecule has 0 aliphatic rings. The number of halogens is 1. The highest BCUT2D eigenvalue weighted by atomic mass is 79.9. The summed E-state index contributed by atoms with van der Waals surface area (Å²) >= 11 is 4.96. The summed E-state index contributed by atoms with van der Waals surface area (Å²) in [6.07, 6.45) is 5.44. The van der Waals surface area contributed by atoms with Gasteiger partial charge in [-0.1, -0.05) is 39.5 Å². The van der Waals surface area contributed by atoms with E-state index in [0.717, 1.165) is 15.8 Å². The van der Waals surface area contributed by atoms with Crippen LogP contribution in [0.25, 0.3) is 0 Å². The van der Waals surface area contributed by atoms with Crippen LogP contribution in [0.5, 0.6) is 0 Å². The van der Waals surface area contributed by atoms with Gasteiger partial charge in [0.2, 0.25) is 0 Å². The van der Waals surface area contributed by atoms with Crippen LogP contribution in [0.3, 0.4) is 0 Å². The van der Waals surface area contributed by atoms with Gasteiger partial charge >= 0.3 is 0 Å². The van der Waals surface area contributed by atoms with Gasteiger partial charge in [0.05, 0.1) is 4.88 Å². The van der Waals surface area contributed by atoms with E-state index in [4.69, 9.17) is 0 Å². The van der Waals surface area contributed by atoms with E-state index in [9.17, 15) is 4.79 Å². The van der Waals surface area contributed by atoms with Crippen molar-refractivity contribution in [3.05, 3.63) is 20.8 Å². The summed E-state index contributed by atoms with van der Waals surface area (Å²) in [5.41, 5.74) is 0. The number of carbonyl (C=O) groups excluding carboxylic acids is 1. The van der Waals surface area contributed by atoms with E-state index < -0.39 is 0 Å². The van der Waals surface area contributed by atoms with Crippen LogP contribution in [0.4, 0.5) is 0 Å². The van der Waals surface area contributed by atoms with Gasteiger partial charge in [-0.3, -0.25) is 4.79 Å². The van der Waals surface area contributed by atoms with Gasteiger partial charge in [0.1, 0.15) is 0 Å². The molecule has 0 amide bonds. The first kappa shape index (κ1) is 13.9. The SMILES string of the molecule is CCCCC(CC)CC(=O)c1sccc1Br. The lowest BCUT2D eigenvalue weighted by atomic mass is 9.93. The third-order valence-electron chi connectivity index (χ3n) is 2.89. The van der Waals surface area contributed by atoms with Crippen molar-refractivity contribution in [2.75, 3.05) is 0 Å². The van der Waals surface area contributed by atoms with E-state index in [0.29, 0.717) is 18.1 Å². The second-order valence-electron chi connectivity index (χ2n) is 4.14. The molecule has 3 heteroatoms. The molecule has 1 rings (SSSR count). The summed E-state index contributed by atoms with van der Waals surface area (Å²) in [5.74, 6) is 0.853. The first-order chi connectivity index (χ1) is 7.69. The monoisotopic (exact) mass is 302 g/mol. The van der Waals surface area contributed by atoms with Crippen molar-refractivity contribution in [3.63, 3.8) is 0 Å². The second kappa shape index (κ2) is 7.23. The maximum absolute atomic E-state index is 12.0. The maximum atomic E-state index is 12.0. The molecule has 0 fully saturated rings. The first-order valence-electron chi connectivity index (χ1n) is 5.95. The van der Waals surface area contributed by atoms with Gasteiger partial charge in [-0.05, 0) is 33.3 Å². The molecule has 0 aliphatic heterocycles. The van der Waals surface area contributed by atoms with Crippen molar-refractivity contribution in [2.45, 2.75) is 46.0 Å². The van der Waals surface area contributed by atoms with Gasteiger partial charge in [0.25, 0.3) is 0 Å². The average Bonchev–Trinajstić information content (AvgIpc) is 2.70. The Hall–Kier alpha value is -0.150. The van der Waals surface area contributed by atoms with E-state index >= 15 is 0 Å². The lowest BCUT2D eigenvalue weighted by Crippen LogP contribution is -2.07. The number of hydrogen-bond acceptors (Lipinski definition) is 2. The second-order valence-corrected chi connectivity index (χ2v) is 5.91. The summed E-state index contributed by atoms with van der Waals surface area (Å²) in [7, 11) is 0. The van der Waals surface area contributed by atoms with Crippen LogP contribution < -0.4 is 0 Å². The molecule has 0 aromatic carbocycles. The van der Waals surface area contributed by atoms with Crippen molar-refractivity contribution >= 4 is 33.0 Å². The Labute approximate surface area is 110 Å². The summed E-state index contributed by atoms with van der Waals surface area (Å²) in [6, 6.07) is 1.95. The molecule has 0 saturated carbocycles. The number of unbranched alkanes of at least 4 members (excludes halogenated alkanes) is 1. The van der Waals surface area contributed by atoms with E-state index in [1.807, 2.05) is 11.4 Å². The maximum Gasteiger partial charge on any atom is 0.174 e. The fourth-order valence-corrected chi connectivity index (χ4v) is 3.34. The molecule has 1 aromatic rings. The standard InChI is InChI=1S/C13H19BrOS/c1-3-5-6-10(4-2)9-12(15)13-11(14)7-8-16-13/h7-8,10H,3-6,9H2,1-2H3. The number of ketones is 1. The third kappa shape index (κ3) is 4.02. The topological polar surface area (TPSA) is 17.1 Å². The molecule has 0 aliphatic carbocycles. The molecule has 0 bridgehead atoms. The average molecular weight is 303 g/mol. The van der Waals surface area contributed by atoms with Crippen molar-refractivity contribution in [2.24, 2.45) is 5.92 Å². The molecule has 1 nitrogen and oxygen atoms in total. The molecule has 0 saturated heterocycles. The Bertz CT molecular complexity index is 332. The number of thiophene rings is 1. The zero-order valence-corrected chi connectivity index (χ0v) is 12.4. The van der Waals surface area contributed by atoms with Gasteiger partial charge in [-0.25, -0.2) is 0 Å². The van der Waals surface area contributed by atoms with Crippen molar-refractivity contribution in [1.82, 2.24) is 0 Å². The molecule has 0 N–H and O–H groups in total. The fraction of sp³-hybridized carbons (Fsp3) is 0.615. The molecule has 1 unspecified atom stereocenters. The van der Waals surface area contributed by atoms with Crippen LogP contribution in [0.2, 0.25) is 0 Å². The van der Waals surface area contributed by atoms with E-state index in [1.54, 1.807) is 0 Å². The molecule has 0 radical (unpaired) electrons. The van der Waals surface area contributed by atoms with Gasteiger partial charge in [0, 0.05) is 10.9 Å². The number of hydrogen-bond donors (Lipinski definition) is 0. The molecule has 0 spiro atoms. The predicted octanol–water partition coefficient (Wildman–Crippen LogP) is 5.30. The highest BCUT2D eigenvalue weighted by molar-refractivity contribution is 9.10. The molecule has 1 aromatic heterocycles. The lowest BCUT2D eigenvalue weighted by Gasteiger charge is -2.12. The molecular weight excluding hydrogens is 284 g/mol. The number of rotatable bonds is 7. The summed E-state index contributed by atoms with van der Waals surface area (Å²) < 4.78 is 0.952. The van der Waals surface area contributed by atoms with E-state index in [1.165, 1.54) is 30.6 Å². The highest BCUT2D eigenvalue weighted by Crippen LogP contribution is 2.27. The molecule has 1 heterocycles. The Morgan fingerprint density at radius 2 is 2.25 bits per heavy atom. The number of carbonyl (C=O) groups is 1. The smallest absolute Gasteiger partial charge is 0.174 e. The minimum absolute atomic E-state index is 0.296. The lowest BCUT2D eigenvalue weighted by molar-refractivity contribution is 0.0960. The Morgan fingerprint density at radius 3 is 2.75 bits per heavy atom. The molecule has 1 atom stereocenters. The Kier molecular flexibility index (Phi) is 6.29. The van der Waals surface area contributed by atoms with Gasteiger partial charge in [-0.2, -0.15) is 0 Å². The quantitative estimate of drug-likeness (QED) is 0.625. The van der Waals surface area contributed by atoms with Crippen LogP contribution in [0.15, 0.2) is 15.9 Å². The van der Waals surface area contributed by atoms with Crippen molar-refractivity contribution in [3.8, 4) is 0 Å². The minimum atomic E-state index is 0.296. The van der Waals surface area contributed by atoms with Crippen molar-refractivity contribution < 1.29 is 4.79 Å². The summed E-state index contributed by atoms with van der Waals surface area (Å²) in [4.78, 5) is 12.9. The number of Topliss-reactive ketones (excluding diaryl/α,β-unsaturated/α-hetero) is 1. The first-order valence-corrected chi connectivity index (χ1v) is 7.62. The Balaban J connectivity index is 2.52. The van der Waals surface area contributed by atoms with Gasteiger partial charge in [-0.15, -0.1) is 11.3 Å². The predicted molar refractivity (Wildman–Crippen MR) is 74.3 cm³/mol. The van der Waals surface area contributed by atoms with E-state index in [2.05, 4.69) is 29.8 Å². The van der Waals surface area contributed by atoms with Crippen LogP contribution in [0, 0.1) is 5.92 Å². The van der Waals surface area contributed by atoms with E-state index in [-0.39, 0.29) is 0 Å². The summed E-state index contributed by atoms with van der Waals surface area (Å²) in [6.45, 7) is 4.38. The third-order valence-corrected chi connectivity index (χ3v) is 4.77. The molecule has 90 valence electrons. The molecular formula is C13H19BrOS. The van der Waals surface area contributed by atoms with Crippen LogP contribution in [-0.2, 0) is 0 Å². The van der Waals surface area contributed by atoms with Crippen LogP contribution >= 0.6 is 27.3 Å². The van der Waals surface area contributed by atoms with Crippen LogP contribution in [0.1, 0.15) is 55.6 Å². The largest absolute Gasteiger partial charge is 0.293 e. The molecule has 16 heavy (non-hydrogen) atoms. The highest BCUT2D eigenvalue weighted by Gasteiger charge is 2.16. The summed E-state index contributed by atoms with van der Waals surface area (Å²) in [5, 5.41) is 1.96.